The average molecular weight is 311 g/mol. The Morgan fingerprint density at radius 1 is 1.29 bits per heavy atom. The van der Waals surface area contributed by atoms with Crippen LogP contribution in [0.25, 0.3) is 0 Å². The standard InChI is InChI=1S/C15H21NO4S/c1-20-15-6-3-11(4-7-15)2-5-12(10-21(16,18)19)13-8-14(17)9-13/h3-4,6-7,12-13H,2,5,8-10H2,1H3,(H2,16,18,19). The zero-order chi connectivity index (χ0) is 15.5. The summed E-state index contributed by atoms with van der Waals surface area (Å²) in [4.78, 5) is 11.1. The Bertz CT molecular complexity index is 587. The Morgan fingerprint density at radius 2 is 1.90 bits per heavy atom. The van der Waals surface area contributed by atoms with E-state index in [9.17, 15) is 13.2 Å². The Kier molecular flexibility index (Phi) is 5.00. The van der Waals surface area contributed by atoms with Crippen LogP contribution in [0.3, 0.4) is 0 Å². The van der Waals surface area contributed by atoms with Gasteiger partial charge in [-0.3, -0.25) is 4.79 Å². The Labute approximate surface area is 125 Å². The van der Waals surface area contributed by atoms with E-state index >= 15 is 0 Å². The number of hydrogen-bond donors (Lipinski definition) is 1. The van der Waals surface area contributed by atoms with E-state index < -0.39 is 10.0 Å². The van der Waals surface area contributed by atoms with Crippen molar-refractivity contribution in [3.8, 4) is 5.75 Å². The lowest BCUT2D eigenvalue weighted by molar-refractivity contribution is -0.128. The van der Waals surface area contributed by atoms with Gasteiger partial charge in [0.1, 0.15) is 11.5 Å². The van der Waals surface area contributed by atoms with E-state index in [1.807, 2.05) is 24.3 Å². The first-order valence-corrected chi connectivity index (χ1v) is 8.74. The minimum atomic E-state index is -3.51. The predicted octanol–water partition coefficient (Wildman–Crippen LogP) is 1.51. The molecule has 6 heteroatoms. The van der Waals surface area contributed by atoms with E-state index in [-0.39, 0.29) is 23.4 Å². The normalized spacial score (nSPS) is 17.3. The number of benzene rings is 1. The molecule has 0 radical (unpaired) electrons. The van der Waals surface area contributed by atoms with E-state index in [1.54, 1.807) is 7.11 Å². The molecule has 2 N–H and O–H groups in total. The monoisotopic (exact) mass is 311 g/mol. The minimum absolute atomic E-state index is 0.0406. The molecule has 1 fully saturated rings. The van der Waals surface area contributed by atoms with Gasteiger partial charge in [0.15, 0.2) is 0 Å². The number of methoxy groups -OCH3 is 1. The van der Waals surface area contributed by atoms with Crippen LogP contribution < -0.4 is 9.88 Å². The number of aryl methyl sites for hydroxylation is 1. The zero-order valence-electron chi connectivity index (χ0n) is 12.1. The second-order valence-electron chi connectivity index (χ2n) is 5.68. The van der Waals surface area contributed by atoms with Crippen LogP contribution >= 0.6 is 0 Å². The van der Waals surface area contributed by atoms with Crippen LogP contribution in [-0.4, -0.2) is 27.1 Å². The van der Waals surface area contributed by atoms with E-state index in [2.05, 4.69) is 0 Å². The van der Waals surface area contributed by atoms with Crippen LogP contribution in [-0.2, 0) is 21.2 Å². The molecule has 5 nitrogen and oxygen atoms in total. The number of carbonyl (C=O) groups excluding carboxylic acids is 1. The molecule has 1 aliphatic rings. The van der Waals surface area contributed by atoms with Crippen LogP contribution in [0.2, 0.25) is 0 Å². The first-order valence-electron chi connectivity index (χ1n) is 7.02. The summed E-state index contributed by atoms with van der Waals surface area (Å²) < 4.78 is 27.8. The molecule has 1 saturated carbocycles. The number of rotatable bonds is 7. The van der Waals surface area contributed by atoms with Gasteiger partial charge in [-0.2, -0.15) is 0 Å². The summed E-state index contributed by atoms with van der Waals surface area (Å²) >= 11 is 0. The second kappa shape index (κ2) is 6.58. The van der Waals surface area contributed by atoms with Crippen LogP contribution in [0.4, 0.5) is 0 Å². The molecule has 0 aliphatic heterocycles. The van der Waals surface area contributed by atoms with Gasteiger partial charge in [-0.25, -0.2) is 13.6 Å². The fraction of sp³-hybridized carbons (Fsp3) is 0.533. The van der Waals surface area contributed by atoms with Crippen molar-refractivity contribution in [3.63, 3.8) is 0 Å². The highest BCUT2D eigenvalue weighted by molar-refractivity contribution is 7.89. The third-order valence-electron chi connectivity index (χ3n) is 4.06. The van der Waals surface area contributed by atoms with Gasteiger partial charge in [0.05, 0.1) is 12.9 Å². The van der Waals surface area contributed by atoms with Gasteiger partial charge >= 0.3 is 0 Å². The van der Waals surface area contributed by atoms with Gasteiger partial charge in [-0.05, 0) is 42.4 Å². The number of ether oxygens (including phenoxy) is 1. The highest BCUT2D eigenvalue weighted by atomic mass is 32.2. The van der Waals surface area contributed by atoms with Crippen molar-refractivity contribution in [2.45, 2.75) is 25.7 Å². The van der Waals surface area contributed by atoms with Crippen molar-refractivity contribution < 1.29 is 17.9 Å². The molecule has 1 aliphatic carbocycles. The topological polar surface area (TPSA) is 86.5 Å². The molecule has 0 aromatic heterocycles. The molecule has 0 spiro atoms. The number of primary sulfonamides is 1. The second-order valence-corrected chi connectivity index (χ2v) is 7.34. The van der Waals surface area contributed by atoms with Crippen LogP contribution in [0.1, 0.15) is 24.8 Å². The molecule has 1 aromatic rings. The quantitative estimate of drug-likeness (QED) is 0.827. The molecule has 0 saturated heterocycles. The Hall–Kier alpha value is -1.40. The number of hydrogen-bond acceptors (Lipinski definition) is 4. The summed E-state index contributed by atoms with van der Waals surface area (Å²) in [5.74, 6) is 1.09. The van der Waals surface area contributed by atoms with Crippen LogP contribution in [0.15, 0.2) is 24.3 Å². The maximum absolute atomic E-state index is 11.3. The molecule has 116 valence electrons. The maximum Gasteiger partial charge on any atom is 0.209 e. The van der Waals surface area contributed by atoms with Gasteiger partial charge in [-0.15, -0.1) is 0 Å². The molecule has 0 bridgehead atoms. The van der Waals surface area contributed by atoms with Gasteiger partial charge < -0.3 is 4.74 Å². The smallest absolute Gasteiger partial charge is 0.209 e. The van der Waals surface area contributed by atoms with Crippen molar-refractivity contribution in [1.82, 2.24) is 0 Å². The van der Waals surface area contributed by atoms with Gasteiger partial charge in [0.25, 0.3) is 0 Å². The summed E-state index contributed by atoms with van der Waals surface area (Å²) in [6.07, 6.45) is 2.47. The first kappa shape index (κ1) is 16.0. The van der Waals surface area contributed by atoms with Crippen molar-refractivity contribution in [1.29, 1.82) is 0 Å². The lowest BCUT2D eigenvalue weighted by Gasteiger charge is -2.32. The lowest BCUT2D eigenvalue weighted by Crippen LogP contribution is -2.36. The molecular formula is C15H21NO4S. The minimum Gasteiger partial charge on any atom is -0.497 e. The van der Waals surface area contributed by atoms with Gasteiger partial charge in [0.2, 0.25) is 10.0 Å². The highest BCUT2D eigenvalue weighted by Crippen LogP contribution is 2.34. The van der Waals surface area contributed by atoms with Gasteiger partial charge in [0, 0.05) is 12.8 Å². The average Bonchev–Trinajstić information content (AvgIpc) is 2.39. The maximum atomic E-state index is 11.3. The lowest BCUT2D eigenvalue weighted by atomic mass is 9.74. The van der Waals surface area contributed by atoms with E-state index in [1.165, 1.54) is 0 Å². The molecule has 0 amide bonds. The fourth-order valence-electron chi connectivity index (χ4n) is 2.76. The predicted molar refractivity (Wildman–Crippen MR) is 80.5 cm³/mol. The molecule has 1 atom stereocenters. The largest absolute Gasteiger partial charge is 0.497 e. The first-order chi connectivity index (χ1) is 9.87. The number of ketones is 1. The van der Waals surface area contributed by atoms with Crippen molar-refractivity contribution in [2.24, 2.45) is 17.0 Å². The summed E-state index contributed by atoms with van der Waals surface area (Å²) in [7, 11) is -1.89. The molecule has 0 heterocycles. The fourth-order valence-corrected chi connectivity index (χ4v) is 3.79. The van der Waals surface area contributed by atoms with Crippen molar-refractivity contribution in [3.05, 3.63) is 29.8 Å². The number of nitrogens with two attached hydrogens (primary N) is 1. The summed E-state index contributed by atoms with van der Waals surface area (Å²) in [5, 5.41) is 5.17. The number of sulfonamides is 1. The molecule has 21 heavy (non-hydrogen) atoms. The third kappa shape index (κ3) is 4.82. The van der Waals surface area contributed by atoms with E-state index in [0.717, 1.165) is 24.2 Å². The number of carbonyl (C=O) groups is 1. The van der Waals surface area contributed by atoms with Crippen molar-refractivity contribution in [2.75, 3.05) is 12.9 Å². The third-order valence-corrected chi connectivity index (χ3v) is 4.95. The molecule has 1 unspecified atom stereocenters. The van der Waals surface area contributed by atoms with E-state index in [0.29, 0.717) is 12.8 Å². The Morgan fingerprint density at radius 3 is 2.38 bits per heavy atom. The summed E-state index contributed by atoms with van der Waals surface area (Å²) in [5.41, 5.74) is 1.13. The van der Waals surface area contributed by atoms with Crippen molar-refractivity contribution >= 4 is 15.8 Å². The SMILES string of the molecule is COc1ccc(CCC(CS(N)(=O)=O)C2CC(=O)C2)cc1. The molecule has 2 rings (SSSR count). The molecule has 1 aromatic carbocycles. The molecular weight excluding hydrogens is 290 g/mol. The summed E-state index contributed by atoms with van der Waals surface area (Å²) in [6, 6.07) is 7.71. The summed E-state index contributed by atoms with van der Waals surface area (Å²) in [6.45, 7) is 0. The van der Waals surface area contributed by atoms with E-state index in [4.69, 9.17) is 9.88 Å². The number of Topliss-reactive ketones (excluding diaryl/α,β-unsaturated/α-hetero) is 1. The van der Waals surface area contributed by atoms with Crippen LogP contribution in [0, 0.1) is 11.8 Å². The van der Waals surface area contributed by atoms with Crippen LogP contribution in [0.5, 0.6) is 5.75 Å². The Balaban J connectivity index is 1.95. The highest BCUT2D eigenvalue weighted by Gasteiger charge is 2.35. The zero-order valence-corrected chi connectivity index (χ0v) is 12.9. The van der Waals surface area contributed by atoms with Gasteiger partial charge in [-0.1, -0.05) is 12.1 Å².